The summed E-state index contributed by atoms with van der Waals surface area (Å²) in [5.74, 6) is 1.42. The molecule has 1 aromatic heterocycles. The van der Waals surface area contributed by atoms with Crippen molar-refractivity contribution in [2.75, 3.05) is 13.2 Å². The third-order valence-electron chi connectivity index (χ3n) is 1.83. The second kappa shape index (κ2) is 5.07. The predicted octanol–water partition coefficient (Wildman–Crippen LogP) is 1.23. The molecule has 14 heavy (non-hydrogen) atoms. The van der Waals surface area contributed by atoms with Crippen LogP contribution in [0, 0.1) is 0 Å². The van der Waals surface area contributed by atoms with Crippen molar-refractivity contribution < 1.29 is 9.26 Å². The lowest BCUT2D eigenvalue weighted by Crippen LogP contribution is -2.16. The van der Waals surface area contributed by atoms with Gasteiger partial charge < -0.3 is 15.0 Å². The molecule has 5 nitrogen and oxygen atoms in total. The average molecular weight is 199 g/mol. The van der Waals surface area contributed by atoms with Crippen molar-refractivity contribution in [3.8, 4) is 0 Å². The average Bonchev–Trinajstić information content (AvgIpc) is 2.63. The van der Waals surface area contributed by atoms with Crippen LogP contribution < -0.4 is 5.73 Å². The number of ether oxygens (including phenoxy) is 1. The molecule has 1 rings (SSSR count). The van der Waals surface area contributed by atoms with Crippen LogP contribution in [0.25, 0.3) is 0 Å². The van der Waals surface area contributed by atoms with Crippen LogP contribution in [0.15, 0.2) is 4.52 Å². The van der Waals surface area contributed by atoms with Crippen molar-refractivity contribution in [1.82, 2.24) is 10.1 Å². The third-order valence-corrected chi connectivity index (χ3v) is 1.83. The summed E-state index contributed by atoms with van der Waals surface area (Å²) < 4.78 is 10.4. The van der Waals surface area contributed by atoms with Crippen molar-refractivity contribution in [2.24, 2.45) is 5.73 Å². The van der Waals surface area contributed by atoms with Gasteiger partial charge in [0, 0.05) is 19.1 Å². The summed E-state index contributed by atoms with van der Waals surface area (Å²) in [6.07, 6.45) is -0.278. The van der Waals surface area contributed by atoms with Gasteiger partial charge in [-0.15, -0.1) is 0 Å². The van der Waals surface area contributed by atoms with Gasteiger partial charge in [0.05, 0.1) is 0 Å². The Bertz CT molecular complexity index is 273. The Labute approximate surface area is 83.6 Å². The minimum absolute atomic E-state index is 0.257. The first-order valence-corrected chi connectivity index (χ1v) is 4.84. The van der Waals surface area contributed by atoms with E-state index in [1.807, 2.05) is 20.8 Å². The second-order valence-corrected chi connectivity index (χ2v) is 3.33. The molecule has 1 heterocycles. The lowest BCUT2D eigenvalue weighted by Gasteiger charge is -2.08. The van der Waals surface area contributed by atoms with E-state index in [2.05, 4.69) is 10.1 Å². The Kier molecular flexibility index (Phi) is 4.03. The van der Waals surface area contributed by atoms with E-state index >= 15 is 0 Å². The molecule has 0 saturated heterocycles. The van der Waals surface area contributed by atoms with Gasteiger partial charge in [0.25, 0.3) is 5.89 Å². The van der Waals surface area contributed by atoms with E-state index in [-0.39, 0.29) is 12.0 Å². The van der Waals surface area contributed by atoms with Gasteiger partial charge in [-0.05, 0) is 6.92 Å². The molecule has 1 aromatic rings. The highest BCUT2D eigenvalue weighted by atomic mass is 16.5. The van der Waals surface area contributed by atoms with Crippen LogP contribution in [0.5, 0.6) is 0 Å². The quantitative estimate of drug-likeness (QED) is 0.772. The summed E-state index contributed by atoms with van der Waals surface area (Å²) in [4.78, 5) is 4.22. The molecule has 80 valence electrons. The maximum Gasteiger partial charge on any atom is 0.257 e. The molecule has 0 aromatic carbocycles. The monoisotopic (exact) mass is 199 g/mol. The van der Waals surface area contributed by atoms with Crippen LogP contribution >= 0.6 is 0 Å². The second-order valence-electron chi connectivity index (χ2n) is 3.33. The Morgan fingerprint density at radius 3 is 2.64 bits per heavy atom. The van der Waals surface area contributed by atoms with Gasteiger partial charge >= 0.3 is 0 Å². The van der Waals surface area contributed by atoms with Crippen molar-refractivity contribution in [1.29, 1.82) is 0 Å². The standard InChI is InChI=1S/C9H17N3O2/c1-4-13-7(5-10)9-11-8(6(2)3)12-14-9/h6-7H,4-5,10H2,1-3H3. The zero-order chi connectivity index (χ0) is 10.6. The summed E-state index contributed by atoms with van der Waals surface area (Å²) in [5, 5.41) is 3.85. The predicted molar refractivity (Wildman–Crippen MR) is 51.8 cm³/mol. The normalized spacial score (nSPS) is 13.5. The van der Waals surface area contributed by atoms with Crippen LogP contribution in [-0.2, 0) is 4.74 Å². The minimum Gasteiger partial charge on any atom is -0.367 e. The van der Waals surface area contributed by atoms with Crippen molar-refractivity contribution in [3.05, 3.63) is 11.7 Å². The van der Waals surface area contributed by atoms with Crippen LogP contribution in [-0.4, -0.2) is 23.3 Å². The zero-order valence-electron chi connectivity index (χ0n) is 8.86. The Balaban J connectivity index is 2.73. The van der Waals surface area contributed by atoms with Gasteiger partial charge in [-0.3, -0.25) is 0 Å². The minimum atomic E-state index is -0.278. The van der Waals surface area contributed by atoms with Crippen LogP contribution in [0.3, 0.4) is 0 Å². The van der Waals surface area contributed by atoms with Gasteiger partial charge in [0.1, 0.15) is 6.10 Å². The number of hydrogen-bond acceptors (Lipinski definition) is 5. The first-order chi connectivity index (χ1) is 6.69. The maximum atomic E-state index is 5.52. The van der Waals surface area contributed by atoms with E-state index in [9.17, 15) is 0 Å². The number of hydrogen-bond donors (Lipinski definition) is 1. The van der Waals surface area contributed by atoms with E-state index in [0.29, 0.717) is 24.9 Å². The molecule has 0 saturated carbocycles. The number of aromatic nitrogens is 2. The Hall–Kier alpha value is -0.940. The summed E-state index contributed by atoms with van der Waals surface area (Å²) in [5.41, 5.74) is 5.52. The topological polar surface area (TPSA) is 74.2 Å². The van der Waals surface area contributed by atoms with E-state index in [0.717, 1.165) is 0 Å². The van der Waals surface area contributed by atoms with Crippen LogP contribution in [0.1, 0.15) is 44.5 Å². The highest BCUT2D eigenvalue weighted by molar-refractivity contribution is 4.94. The molecule has 0 fully saturated rings. The molecule has 0 aliphatic rings. The van der Waals surface area contributed by atoms with E-state index in [1.54, 1.807) is 0 Å². The van der Waals surface area contributed by atoms with E-state index < -0.39 is 0 Å². The smallest absolute Gasteiger partial charge is 0.257 e. The number of nitrogens with zero attached hydrogens (tertiary/aromatic N) is 2. The Morgan fingerprint density at radius 2 is 2.21 bits per heavy atom. The fourth-order valence-electron chi connectivity index (χ4n) is 1.05. The molecule has 0 amide bonds. The van der Waals surface area contributed by atoms with E-state index in [1.165, 1.54) is 0 Å². The van der Waals surface area contributed by atoms with Gasteiger partial charge in [-0.25, -0.2) is 0 Å². The highest BCUT2D eigenvalue weighted by Gasteiger charge is 2.18. The summed E-state index contributed by atoms with van der Waals surface area (Å²) in [6, 6.07) is 0. The van der Waals surface area contributed by atoms with Gasteiger partial charge in [-0.1, -0.05) is 19.0 Å². The first-order valence-electron chi connectivity index (χ1n) is 4.84. The van der Waals surface area contributed by atoms with Gasteiger partial charge in [0.2, 0.25) is 0 Å². The van der Waals surface area contributed by atoms with Gasteiger partial charge in [0.15, 0.2) is 5.82 Å². The molecule has 0 radical (unpaired) electrons. The molecule has 2 N–H and O–H groups in total. The first kappa shape index (κ1) is 11.1. The maximum absolute atomic E-state index is 5.52. The largest absolute Gasteiger partial charge is 0.367 e. The number of rotatable bonds is 5. The van der Waals surface area contributed by atoms with Crippen molar-refractivity contribution in [2.45, 2.75) is 32.8 Å². The third kappa shape index (κ3) is 2.52. The molecule has 1 atom stereocenters. The molecular formula is C9H17N3O2. The fourth-order valence-corrected chi connectivity index (χ4v) is 1.05. The number of nitrogens with two attached hydrogens (primary N) is 1. The van der Waals surface area contributed by atoms with Crippen LogP contribution in [0.2, 0.25) is 0 Å². The zero-order valence-corrected chi connectivity index (χ0v) is 8.86. The molecule has 5 heteroatoms. The lowest BCUT2D eigenvalue weighted by molar-refractivity contribution is 0.0448. The summed E-state index contributed by atoms with van der Waals surface area (Å²) in [7, 11) is 0. The lowest BCUT2D eigenvalue weighted by atomic mass is 10.2. The molecular weight excluding hydrogens is 182 g/mol. The van der Waals surface area contributed by atoms with E-state index in [4.69, 9.17) is 15.0 Å². The molecule has 0 spiro atoms. The van der Waals surface area contributed by atoms with Gasteiger partial charge in [-0.2, -0.15) is 4.98 Å². The molecule has 0 bridgehead atoms. The Morgan fingerprint density at radius 1 is 1.50 bits per heavy atom. The molecule has 0 aliphatic carbocycles. The molecule has 1 unspecified atom stereocenters. The summed E-state index contributed by atoms with van der Waals surface area (Å²) in [6.45, 7) is 6.86. The van der Waals surface area contributed by atoms with Crippen LogP contribution in [0.4, 0.5) is 0 Å². The molecule has 0 aliphatic heterocycles. The summed E-state index contributed by atoms with van der Waals surface area (Å²) >= 11 is 0. The SMILES string of the molecule is CCOC(CN)c1nc(C(C)C)no1. The highest BCUT2D eigenvalue weighted by Crippen LogP contribution is 2.17. The van der Waals surface area contributed by atoms with Crippen molar-refractivity contribution >= 4 is 0 Å². The fraction of sp³-hybridized carbons (Fsp3) is 0.778. The van der Waals surface area contributed by atoms with Crippen molar-refractivity contribution in [3.63, 3.8) is 0 Å².